The highest BCUT2D eigenvalue weighted by Crippen LogP contribution is 2.60. The Kier molecular flexibility index (Phi) is 5.41. The number of benzene rings is 1. The molecule has 4 fully saturated rings. The Bertz CT molecular complexity index is 826. The van der Waals surface area contributed by atoms with E-state index in [-0.39, 0.29) is 23.0 Å². The second-order valence-electron chi connectivity index (χ2n) is 8.58. The first kappa shape index (κ1) is 19.6. The molecule has 8 heteroatoms. The standard InChI is InChI=1S/C21H24N4O3S/c22-11-13-1-3-17(4-2-13)28-12-18(26)24-25-20(29)23-19(27)21-8-14-5-15(9-21)7-16(6-14)10-21/h1-4,14-16H,5-10,12H2,(H,24,26)(H2,23,25,27,29). The number of hydrogen-bond donors (Lipinski definition) is 3. The summed E-state index contributed by atoms with van der Waals surface area (Å²) in [5, 5.41) is 11.6. The van der Waals surface area contributed by atoms with Crippen molar-refractivity contribution in [2.75, 3.05) is 6.61 Å². The van der Waals surface area contributed by atoms with Gasteiger partial charge in [0.25, 0.3) is 5.91 Å². The first-order chi connectivity index (χ1) is 14.0. The Morgan fingerprint density at radius 3 is 2.21 bits per heavy atom. The molecule has 4 saturated carbocycles. The number of rotatable bonds is 4. The SMILES string of the molecule is N#Cc1ccc(OCC(=O)NNC(=S)NC(=O)C23CC4CC(CC(C4)C2)C3)cc1. The summed E-state index contributed by atoms with van der Waals surface area (Å²) in [6.07, 6.45) is 6.67. The van der Waals surface area contributed by atoms with Crippen LogP contribution in [0.25, 0.3) is 0 Å². The zero-order chi connectivity index (χ0) is 20.4. The number of thiocarbonyl (C=S) groups is 1. The number of nitriles is 1. The van der Waals surface area contributed by atoms with Gasteiger partial charge in [0.05, 0.1) is 17.0 Å². The zero-order valence-electron chi connectivity index (χ0n) is 16.1. The third kappa shape index (κ3) is 4.35. The average molecular weight is 413 g/mol. The van der Waals surface area contributed by atoms with Crippen LogP contribution in [0.15, 0.2) is 24.3 Å². The third-order valence-corrected chi connectivity index (χ3v) is 6.62. The summed E-state index contributed by atoms with van der Waals surface area (Å²) in [5.74, 6) is 2.06. The summed E-state index contributed by atoms with van der Waals surface area (Å²) in [4.78, 5) is 24.8. The van der Waals surface area contributed by atoms with E-state index < -0.39 is 5.91 Å². The highest BCUT2D eigenvalue weighted by molar-refractivity contribution is 7.80. The van der Waals surface area contributed by atoms with E-state index in [2.05, 4.69) is 16.2 Å². The monoisotopic (exact) mass is 412 g/mol. The van der Waals surface area contributed by atoms with Gasteiger partial charge in [-0.2, -0.15) is 5.26 Å². The highest BCUT2D eigenvalue weighted by Gasteiger charge is 2.54. The number of nitrogens with zero attached hydrogens (tertiary/aromatic N) is 1. The van der Waals surface area contributed by atoms with Gasteiger partial charge in [-0.25, -0.2) is 0 Å². The van der Waals surface area contributed by atoms with Gasteiger partial charge in [-0.3, -0.25) is 20.4 Å². The van der Waals surface area contributed by atoms with Crippen molar-refractivity contribution >= 4 is 29.1 Å². The van der Waals surface area contributed by atoms with Crippen molar-refractivity contribution in [2.45, 2.75) is 38.5 Å². The van der Waals surface area contributed by atoms with Gasteiger partial charge in [0.15, 0.2) is 11.7 Å². The summed E-state index contributed by atoms with van der Waals surface area (Å²) in [6, 6.07) is 8.48. The lowest BCUT2D eigenvalue weighted by molar-refractivity contribution is -0.144. The van der Waals surface area contributed by atoms with Gasteiger partial charge in [-0.05, 0) is 92.8 Å². The molecule has 4 aliphatic rings. The predicted molar refractivity (Wildman–Crippen MR) is 109 cm³/mol. The molecule has 1 aromatic carbocycles. The van der Waals surface area contributed by atoms with Crippen LogP contribution in [0.1, 0.15) is 44.1 Å². The van der Waals surface area contributed by atoms with E-state index in [1.54, 1.807) is 24.3 Å². The molecule has 3 N–H and O–H groups in total. The van der Waals surface area contributed by atoms with Crippen molar-refractivity contribution < 1.29 is 14.3 Å². The van der Waals surface area contributed by atoms with Crippen molar-refractivity contribution in [2.24, 2.45) is 23.2 Å². The molecule has 0 unspecified atom stereocenters. The summed E-state index contributed by atoms with van der Waals surface area (Å²) in [5.41, 5.74) is 5.24. The molecule has 0 spiro atoms. The molecule has 4 aliphatic carbocycles. The minimum absolute atomic E-state index is 0.0165. The van der Waals surface area contributed by atoms with Crippen LogP contribution in [0.2, 0.25) is 0 Å². The lowest BCUT2D eigenvalue weighted by atomic mass is 9.49. The van der Waals surface area contributed by atoms with E-state index in [0.717, 1.165) is 19.3 Å². The molecule has 0 heterocycles. The van der Waals surface area contributed by atoms with Crippen molar-refractivity contribution in [3.05, 3.63) is 29.8 Å². The van der Waals surface area contributed by atoms with Crippen LogP contribution in [0.5, 0.6) is 5.75 Å². The van der Waals surface area contributed by atoms with Gasteiger partial charge in [0, 0.05) is 0 Å². The van der Waals surface area contributed by atoms with Crippen molar-refractivity contribution in [3.8, 4) is 11.8 Å². The van der Waals surface area contributed by atoms with Crippen LogP contribution in [0.4, 0.5) is 0 Å². The minimum atomic E-state index is -0.430. The molecular formula is C21H24N4O3S. The molecule has 1 aromatic rings. The van der Waals surface area contributed by atoms with E-state index in [1.165, 1.54) is 19.3 Å². The second-order valence-corrected chi connectivity index (χ2v) is 8.99. The molecule has 0 aliphatic heterocycles. The molecule has 2 amide bonds. The molecule has 152 valence electrons. The van der Waals surface area contributed by atoms with Gasteiger partial charge >= 0.3 is 0 Å². The number of hydrazine groups is 1. The number of amides is 2. The number of carbonyl (C=O) groups excluding carboxylic acids is 2. The number of hydrogen-bond acceptors (Lipinski definition) is 5. The van der Waals surface area contributed by atoms with E-state index in [4.69, 9.17) is 22.2 Å². The lowest BCUT2D eigenvalue weighted by Gasteiger charge is -2.55. The van der Waals surface area contributed by atoms with Crippen LogP contribution in [-0.4, -0.2) is 23.5 Å². The second kappa shape index (κ2) is 7.99. The van der Waals surface area contributed by atoms with Crippen LogP contribution in [-0.2, 0) is 9.59 Å². The Hall–Kier alpha value is -2.66. The summed E-state index contributed by atoms with van der Waals surface area (Å²) >= 11 is 5.18. The third-order valence-electron chi connectivity index (χ3n) is 6.42. The van der Waals surface area contributed by atoms with Crippen LogP contribution < -0.4 is 20.9 Å². The average Bonchev–Trinajstić information content (AvgIpc) is 2.70. The minimum Gasteiger partial charge on any atom is -0.484 e. The maximum Gasteiger partial charge on any atom is 0.276 e. The number of ether oxygens (including phenoxy) is 1. The largest absolute Gasteiger partial charge is 0.484 e. The number of nitrogens with one attached hydrogen (secondary N) is 3. The summed E-state index contributed by atoms with van der Waals surface area (Å²) in [6.45, 7) is -0.218. The predicted octanol–water partition coefficient (Wildman–Crippen LogP) is 2.18. The molecule has 7 nitrogen and oxygen atoms in total. The lowest BCUT2D eigenvalue weighted by Crippen LogP contribution is -2.57. The van der Waals surface area contributed by atoms with Crippen molar-refractivity contribution in [1.82, 2.24) is 16.2 Å². The maximum atomic E-state index is 12.9. The van der Waals surface area contributed by atoms with E-state index in [9.17, 15) is 9.59 Å². The van der Waals surface area contributed by atoms with Crippen molar-refractivity contribution in [3.63, 3.8) is 0 Å². The highest BCUT2D eigenvalue weighted by atomic mass is 32.1. The molecule has 0 atom stereocenters. The van der Waals surface area contributed by atoms with E-state index >= 15 is 0 Å². The fraction of sp³-hybridized carbons (Fsp3) is 0.524. The van der Waals surface area contributed by atoms with Crippen LogP contribution in [0.3, 0.4) is 0 Å². The molecule has 29 heavy (non-hydrogen) atoms. The number of carbonyl (C=O) groups is 2. The normalized spacial score (nSPS) is 28.9. The Balaban J connectivity index is 1.21. The van der Waals surface area contributed by atoms with E-state index in [0.29, 0.717) is 29.1 Å². The Morgan fingerprint density at radius 1 is 1.07 bits per heavy atom. The van der Waals surface area contributed by atoms with Gasteiger partial charge in [0.1, 0.15) is 5.75 Å². The quantitative estimate of drug-likeness (QED) is 0.517. The van der Waals surface area contributed by atoms with Crippen LogP contribution >= 0.6 is 12.2 Å². The van der Waals surface area contributed by atoms with Gasteiger partial charge in [-0.15, -0.1) is 0 Å². The zero-order valence-corrected chi connectivity index (χ0v) is 16.9. The molecule has 0 saturated heterocycles. The topological polar surface area (TPSA) is 103 Å². The Morgan fingerprint density at radius 2 is 1.66 bits per heavy atom. The van der Waals surface area contributed by atoms with Gasteiger partial charge < -0.3 is 10.1 Å². The fourth-order valence-corrected chi connectivity index (χ4v) is 5.74. The molecule has 5 rings (SSSR count). The first-order valence-electron chi connectivity index (χ1n) is 9.99. The molecular weight excluding hydrogens is 388 g/mol. The Labute approximate surface area is 175 Å². The van der Waals surface area contributed by atoms with E-state index in [1.807, 2.05) is 6.07 Å². The first-order valence-corrected chi connectivity index (χ1v) is 10.4. The molecule has 4 bridgehead atoms. The van der Waals surface area contributed by atoms with Gasteiger partial charge in [0.2, 0.25) is 5.91 Å². The maximum absolute atomic E-state index is 12.9. The van der Waals surface area contributed by atoms with Crippen molar-refractivity contribution in [1.29, 1.82) is 5.26 Å². The van der Waals surface area contributed by atoms with Gasteiger partial charge in [-0.1, -0.05) is 0 Å². The van der Waals surface area contributed by atoms with Crippen LogP contribution in [0, 0.1) is 34.5 Å². The summed E-state index contributed by atoms with van der Waals surface area (Å²) in [7, 11) is 0. The molecule has 0 aromatic heterocycles. The fourth-order valence-electron chi connectivity index (χ4n) is 5.59. The molecule has 0 radical (unpaired) electrons. The smallest absolute Gasteiger partial charge is 0.276 e. The summed E-state index contributed by atoms with van der Waals surface area (Å²) < 4.78 is 5.35.